The first-order chi connectivity index (χ1) is 15.5. The number of hydrogen-bond donors (Lipinski definition) is 2. The molecule has 0 saturated carbocycles. The zero-order valence-corrected chi connectivity index (χ0v) is 19.2. The summed E-state index contributed by atoms with van der Waals surface area (Å²) in [5.41, 5.74) is 0.718. The number of benzene rings is 1. The summed E-state index contributed by atoms with van der Waals surface area (Å²) in [6.07, 6.45) is 3.51. The summed E-state index contributed by atoms with van der Waals surface area (Å²) in [5.74, 6) is -0.0711. The zero-order chi connectivity index (χ0) is 22.9. The molecule has 3 rings (SSSR count). The molecule has 1 aromatic heterocycles. The van der Waals surface area contributed by atoms with Gasteiger partial charge < -0.3 is 10.1 Å². The van der Waals surface area contributed by atoms with Crippen LogP contribution in [0.3, 0.4) is 0 Å². The minimum absolute atomic E-state index is 0.0163. The van der Waals surface area contributed by atoms with Gasteiger partial charge in [-0.1, -0.05) is 18.2 Å². The highest BCUT2D eigenvalue weighted by Gasteiger charge is 2.26. The SMILES string of the molecule is COCCNC(=O)NC(=O)CSc1nnc([C@H](C)N2CCCCC2)n1-c1ccc(F)cc1. The van der Waals surface area contributed by atoms with Crippen LogP contribution in [0.5, 0.6) is 0 Å². The van der Waals surface area contributed by atoms with Gasteiger partial charge in [0.1, 0.15) is 5.82 Å². The van der Waals surface area contributed by atoms with Gasteiger partial charge in [-0.05, 0) is 57.1 Å². The Hall–Kier alpha value is -2.50. The Balaban J connectivity index is 1.73. The van der Waals surface area contributed by atoms with Crippen LogP contribution in [0, 0.1) is 5.82 Å². The monoisotopic (exact) mass is 464 g/mol. The minimum atomic E-state index is -0.577. The number of hydrogen-bond acceptors (Lipinski definition) is 7. The number of methoxy groups -OCH3 is 1. The molecular weight excluding hydrogens is 435 g/mol. The molecule has 174 valence electrons. The number of likely N-dealkylation sites (tertiary alicyclic amines) is 1. The highest BCUT2D eigenvalue weighted by atomic mass is 32.2. The van der Waals surface area contributed by atoms with Crippen molar-refractivity contribution in [2.45, 2.75) is 37.4 Å². The summed E-state index contributed by atoms with van der Waals surface area (Å²) in [6.45, 7) is 4.72. The Labute approximate surface area is 191 Å². The van der Waals surface area contributed by atoms with Gasteiger partial charge in [0.2, 0.25) is 5.91 Å². The van der Waals surface area contributed by atoms with Crippen LogP contribution in [0.2, 0.25) is 0 Å². The molecule has 1 aliphatic heterocycles. The maximum Gasteiger partial charge on any atom is 0.321 e. The highest BCUT2D eigenvalue weighted by Crippen LogP contribution is 2.29. The van der Waals surface area contributed by atoms with E-state index in [0.29, 0.717) is 18.3 Å². The highest BCUT2D eigenvalue weighted by molar-refractivity contribution is 7.99. The van der Waals surface area contributed by atoms with Gasteiger partial charge in [-0.2, -0.15) is 0 Å². The van der Waals surface area contributed by atoms with Crippen LogP contribution in [-0.2, 0) is 9.53 Å². The predicted molar refractivity (Wildman–Crippen MR) is 119 cm³/mol. The van der Waals surface area contributed by atoms with Gasteiger partial charge in [0.05, 0.1) is 18.4 Å². The number of carbonyl (C=O) groups excluding carboxylic acids is 2. The number of nitrogens with one attached hydrogen (secondary N) is 2. The number of imide groups is 1. The van der Waals surface area contributed by atoms with Crippen molar-refractivity contribution in [3.8, 4) is 5.69 Å². The molecule has 1 saturated heterocycles. The number of aromatic nitrogens is 3. The lowest BCUT2D eigenvalue weighted by Gasteiger charge is -2.31. The molecule has 11 heteroatoms. The topological polar surface area (TPSA) is 101 Å². The van der Waals surface area contributed by atoms with Gasteiger partial charge >= 0.3 is 6.03 Å². The van der Waals surface area contributed by atoms with Gasteiger partial charge in [0, 0.05) is 19.3 Å². The summed E-state index contributed by atoms with van der Waals surface area (Å²) in [6, 6.07) is 5.54. The van der Waals surface area contributed by atoms with E-state index in [1.165, 1.54) is 37.4 Å². The van der Waals surface area contributed by atoms with Crippen molar-refractivity contribution in [3.05, 3.63) is 35.9 Å². The van der Waals surface area contributed by atoms with Crippen molar-refractivity contribution in [2.24, 2.45) is 0 Å². The molecule has 2 N–H and O–H groups in total. The van der Waals surface area contributed by atoms with Crippen molar-refractivity contribution >= 4 is 23.7 Å². The fraction of sp³-hybridized carbons (Fsp3) is 0.524. The summed E-state index contributed by atoms with van der Waals surface area (Å²) < 4.78 is 20.2. The lowest BCUT2D eigenvalue weighted by atomic mass is 10.1. The average molecular weight is 465 g/mol. The molecule has 9 nitrogen and oxygen atoms in total. The van der Waals surface area contributed by atoms with E-state index in [1.54, 1.807) is 12.1 Å². The summed E-state index contributed by atoms with van der Waals surface area (Å²) >= 11 is 1.17. The van der Waals surface area contributed by atoms with Crippen LogP contribution in [0.15, 0.2) is 29.4 Å². The van der Waals surface area contributed by atoms with E-state index >= 15 is 0 Å². The van der Waals surface area contributed by atoms with E-state index in [1.807, 2.05) is 4.57 Å². The molecule has 1 aromatic carbocycles. The largest absolute Gasteiger partial charge is 0.383 e. The second kappa shape index (κ2) is 11.9. The van der Waals surface area contributed by atoms with E-state index in [2.05, 4.69) is 32.7 Å². The van der Waals surface area contributed by atoms with Crippen LogP contribution in [0.25, 0.3) is 5.69 Å². The number of urea groups is 1. The van der Waals surface area contributed by atoms with Crippen LogP contribution in [-0.4, -0.2) is 70.7 Å². The Morgan fingerprint density at radius 1 is 1.19 bits per heavy atom. The smallest absolute Gasteiger partial charge is 0.321 e. The van der Waals surface area contributed by atoms with Crippen LogP contribution in [0.4, 0.5) is 9.18 Å². The van der Waals surface area contributed by atoms with Crippen LogP contribution in [0.1, 0.15) is 38.1 Å². The Morgan fingerprint density at radius 3 is 2.59 bits per heavy atom. The first kappa shape index (κ1) is 24.1. The molecule has 1 aliphatic rings. The number of ether oxygens (including phenoxy) is 1. The number of thioether (sulfide) groups is 1. The fourth-order valence-corrected chi connectivity index (χ4v) is 4.31. The second-order valence-corrected chi connectivity index (χ2v) is 8.45. The average Bonchev–Trinajstić information content (AvgIpc) is 3.22. The van der Waals surface area contributed by atoms with Crippen LogP contribution >= 0.6 is 11.8 Å². The van der Waals surface area contributed by atoms with E-state index in [9.17, 15) is 14.0 Å². The lowest BCUT2D eigenvalue weighted by molar-refractivity contribution is -0.117. The normalized spacial score (nSPS) is 15.3. The minimum Gasteiger partial charge on any atom is -0.383 e. The first-order valence-electron chi connectivity index (χ1n) is 10.6. The summed E-state index contributed by atoms with van der Waals surface area (Å²) in [7, 11) is 1.53. The van der Waals surface area contributed by atoms with E-state index in [4.69, 9.17) is 4.74 Å². The number of carbonyl (C=O) groups is 2. The molecule has 1 atom stereocenters. The summed E-state index contributed by atoms with van der Waals surface area (Å²) in [4.78, 5) is 26.3. The zero-order valence-electron chi connectivity index (χ0n) is 18.3. The van der Waals surface area contributed by atoms with E-state index in [-0.39, 0.29) is 17.6 Å². The Bertz CT molecular complexity index is 901. The maximum atomic E-state index is 13.5. The first-order valence-corrected chi connectivity index (χ1v) is 11.6. The molecule has 0 radical (unpaired) electrons. The molecule has 0 bridgehead atoms. The maximum absolute atomic E-state index is 13.5. The molecule has 1 fully saturated rings. The molecule has 2 heterocycles. The van der Waals surface area contributed by atoms with Gasteiger partial charge in [-0.3, -0.25) is 19.6 Å². The standard InChI is InChI=1S/C21H29FN6O3S/c1-15(27-11-4-3-5-12-27)19-25-26-21(28(19)17-8-6-16(22)7-9-17)32-14-18(29)24-20(30)23-10-13-31-2/h6-9,15H,3-5,10-14H2,1-2H3,(H2,23,24,29,30)/t15-/m0/s1. The molecule has 3 amide bonds. The third-order valence-electron chi connectivity index (χ3n) is 5.23. The fourth-order valence-electron chi connectivity index (χ4n) is 3.55. The van der Waals surface area contributed by atoms with E-state index < -0.39 is 11.9 Å². The molecule has 0 spiro atoms. The van der Waals surface area contributed by atoms with Crippen molar-refractivity contribution in [2.75, 3.05) is 39.1 Å². The van der Waals surface area contributed by atoms with Gasteiger partial charge in [-0.15, -0.1) is 10.2 Å². The Kier molecular flexibility index (Phi) is 9.00. The van der Waals surface area contributed by atoms with Gasteiger partial charge in [0.15, 0.2) is 11.0 Å². The lowest BCUT2D eigenvalue weighted by Crippen LogP contribution is -2.41. The van der Waals surface area contributed by atoms with Gasteiger partial charge in [-0.25, -0.2) is 9.18 Å². The third-order valence-corrected chi connectivity index (χ3v) is 6.16. The number of halogens is 1. The molecular formula is C21H29FN6O3S. The Morgan fingerprint density at radius 2 is 1.91 bits per heavy atom. The van der Waals surface area contributed by atoms with Crippen molar-refractivity contribution in [1.29, 1.82) is 0 Å². The number of piperidine rings is 1. The molecule has 32 heavy (non-hydrogen) atoms. The molecule has 2 aromatic rings. The molecule has 0 aliphatic carbocycles. The predicted octanol–water partition coefficient (Wildman–Crippen LogP) is 2.52. The number of nitrogens with zero attached hydrogens (tertiary/aromatic N) is 4. The summed E-state index contributed by atoms with van der Waals surface area (Å²) in [5, 5.41) is 14.0. The molecule has 0 unspecified atom stereocenters. The second-order valence-electron chi connectivity index (χ2n) is 7.51. The van der Waals surface area contributed by atoms with Crippen LogP contribution < -0.4 is 10.6 Å². The number of amides is 3. The van der Waals surface area contributed by atoms with Crippen molar-refractivity contribution < 1.29 is 18.7 Å². The number of rotatable bonds is 9. The third kappa shape index (κ3) is 6.50. The van der Waals surface area contributed by atoms with E-state index in [0.717, 1.165) is 37.4 Å². The van der Waals surface area contributed by atoms with Gasteiger partial charge in [0.25, 0.3) is 0 Å². The van der Waals surface area contributed by atoms with Crippen molar-refractivity contribution in [3.63, 3.8) is 0 Å². The van der Waals surface area contributed by atoms with Crippen molar-refractivity contribution in [1.82, 2.24) is 30.3 Å². The quantitative estimate of drug-likeness (QED) is 0.434.